The smallest absolute Gasteiger partial charge is 0.267 e. The summed E-state index contributed by atoms with van der Waals surface area (Å²) in [7, 11) is 1.59. The topological polar surface area (TPSA) is 126 Å². The van der Waals surface area contributed by atoms with Gasteiger partial charge in [-0.25, -0.2) is 14.0 Å². The molecule has 11 nitrogen and oxygen atoms in total. The van der Waals surface area contributed by atoms with Gasteiger partial charge in [-0.05, 0) is 63.2 Å². The van der Waals surface area contributed by atoms with Crippen molar-refractivity contribution in [1.82, 2.24) is 34.7 Å². The van der Waals surface area contributed by atoms with Crippen LogP contribution in [0.15, 0.2) is 64.2 Å². The average molecular weight is 490 g/mol. The fourth-order valence-corrected chi connectivity index (χ4v) is 3.74. The molecule has 0 fully saturated rings. The summed E-state index contributed by atoms with van der Waals surface area (Å²) < 4.78 is 9.20. The Labute approximate surface area is 207 Å². The molecule has 1 N–H and O–H groups in total. The summed E-state index contributed by atoms with van der Waals surface area (Å²) >= 11 is 0. The van der Waals surface area contributed by atoms with Gasteiger partial charge >= 0.3 is 0 Å². The molecule has 0 saturated carbocycles. The Morgan fingerprint density at radius 3 is 2.36 bits per heavy atom. The predicted octanol–water partition coefficient (Wildman–Crippen LogP) is 1.66. The molecule has 1 atom stereocenters. The second kappa shape index (κ2) is 10.4. The number of methoxy groups -OCH3 is 1. The molecule has 0 bridgehead atoms. The van der Waals surface area contributed by atoms with Crippen molar-refractivity contribution in [3.63, 3.8) is 0 Å². The zero-order chi connectivity index (χ0) is 25.8. The maximum Gasteiger partial charge on any atom is 0.267 e. The second-order valence-corrected chi connectivity index (χ2v) is 8.29. The molecule has 186 valence electrons. The molecule has 1 unspecified atom stereocenters. The molecule has 0 spiro atoms. The van der Waals surface area contributed by atoms with E-state index in [1.165, 1.54) is 16.8 Å². The molecule has 0 aliphatic heterocycles. The zero-order valence-corrected chi connectivity index (χ0v) is 20.5. The average Bonchev–Trinajstić information content (AvgIpc) is 3.22. The van der Waals surface area contributed by atoms with Crippen LogP contribution in [0.3, 0.4) is 0 Å². The minimum Gasteiger partial charge on any atom is -0.497 e. The van der Waals surface area contributed by atoms with Crippen LogP contribution >= 0.6 is 0 Å². The number of hydrogen-bond acceptors (Lipinski definition) is 7. The highest BCUT2D eigenvalue weighted by Gasteiger charge is 2.18. The summed E-state index contributed by atoms with van der Waals surface area (Å²) in [4.78, 5) is 37.5. The van der Waals surface area contributed by atoms with Gasteiger partial charge in [0.05, 0.1) is 25.0 Å². The summed E-state index contributed by atoms with van der Waals surface area (Å²) in [5.41, 5.74) is 2.43. The molecule has 0 saturated heterocycles. The van der Waals surface area contributed by atoms with E-state index >= 15 is 0 Å². The van der Waals surface area contributed by atoms with Gasteiger partial charge < -0.3 is 10.1 Å². The maximum absolute atomic E-state index is 12.8. The van der Waals surface area contributed by atoms with E-state index in [0.717, 1.165) is 27.4 Å². The molecule has 3 aromatic heterocycles. The molecular formula is C25H27N7O4. The van der Waals surface area contributed by atoms with E-state index in [2.05, 4.69) is 20.6 Å². The van der Waals surface area contributed by atoms with Gasteiger partial charge in [0.25, 0.3) is 11.1 Å². The Morgan fingerprint density at radius 1 is 0.972 bits per heavy atom. The largest absolute Gasteiger partial charge is 0.497 e. The molecule has 1 amide bonds. The number of aryl methyl sites for hydroxylation is 2. The van der Waals surface area contributed by atoms with Gasteiger partial charge in [-0.2, -0.15) is 10.2 Å². The summed E-state index contributed by atoms with van der Waals surface area (Å²) in [5.74, 6) is 0.748. The Kier molecular flexibility index (Phi) is 7.09. The second-order valence-electron chi connectivity index (χ2n) is 8.29. The van der Waals surface area contributed by atoms with E-state index < -0.39 is 17.5 Å². The summed E-state index contributed by atoms with van der Waals surface area (Å²) in [6, 6.07) is 14.4. The number of hydrogen-bond donors (Lipinski definition) is 1. The van der Waals surface area contributed by atoms with E-state index in [1.807, 2.05) is 44.2 Å². The normalized spacial score (nSPS) is 11.8. The third-order valence-corrected chi connectivity index (χ3v) is 5.66. The lowest BCUT2D eigenvalue weighted by molar-refractivity contribution is -0.124. The van der Waals surface area contributed by atoms with Crippen molar-refractivity contribution in [3.05, 3.63) is 86.7 Å². The SMILES string of the molecule is COc1ccc(-c2ccc(=O)n(CCNC(=O)C(C)n3nc(-n4nc(C)cc4C)ccc3=O)n2)cc1. The highest BCUT2D eigenvalue weighted by atomic mass is 16.5. The van der Waals surface area contributed by atoms with Crippen LogP contribution in [-0.2, 0) is 11.3 Å². The van der Waals surface area contributed by atoms with Crippen LogP contribution < -0.4 is 21.2 Å². The molecule has 1 aromatic carbocycles. The van der Waals surface area contributed by atoms with Gasteiger partial charge in [-0.1, -0.05) is 0 Å². The van der Waals surface area contributed by atoms with Crippen molar-refractivity contribution in [1.29, 1.82) is 0 Å². The van der Waals surface area contributed by atoms with Crippen molar-refractivity contribution < 1.29 is 9.53 Å². The van der Waals surface area contributed by atoms with Crippen LogP contribution in [-0.4, -0.2) is 48.9 Å². The van der Waals surface area contributed by atoms with Crippen molar-refractivity contribution in [2.24, 2.45) is 0 Å². The summed E-state index contributed by atoms with van der Waals surface area (Å²) in [6.45, 7) is 5.64. The van der Waals surface area contributed by atoms with E-state index in [-0.39, 0.29) is 18.6 Å². The molecule has 4 aromatic rings. The van der Waals surface area contributed by atoms with Crippen LogP contribution in [0.2, 0.25) is 0 Å². The molecule has 11 heteroatoms. The third-order valence-electron chi connectivity index (χ3n) is 5.66. The lowest BCUT2D eigenvalue weighted by atomic mass is 10.1. The van der Waals surface area contributed by atoms with Gasteiger partial charge in [0.1, 0.15) is 11.8 Å². The number of rotatable bonds is 8. The van der Waals surface area contributed by atoms with Gasteiger partial charge in [-0.15, -0.1) is 5.10 Å². The van der Waals surface area contributed by atoms with Gasteiger partial charge in [0, 0.05) is 29.9 Å². The van der Waals surface area contributed by atoms with Gasteiger partial charge in [-0.3, -0.25) is 14.4 Å². The Morgan fingerprint density at radius 2 is 1.69 bits per heavy atom. The molecule has 0 aliphatic rings. The highest BCUT2D eigenvalue weighted by molar-refractivity contribution is 5.79. The molecule has 0 aliphatic carbocycles. The molecular weight excluding hydrogens is 462 g/mol. The Bertz CT molecular complexity index is 1500. The fourth-order valence-electron chi connectivity index (χ4n) is 3.74. The van der Waals surface area contributed by atoms with Crippen molar-refractivity contribution >= 4 is 5.91 Å². The lowest BCUT2D eigenvalue weighted by Crippen LogP contribution is -2.39. The predicted molar refractivity (Wildman–Crippen MR) is 133 cm³/mol. The van der Waals surface area contributed by atoms with Crippen LogP contribution in [0.4, 0.5) is 0 Å². The first-order chi connectivity index (χ1) is 17.3. The Balaban J connectivity index is 1.44. The van der Waals surface area contributed by atoms with E-state index in [0.29, 0.717) is 11.5 Å². The van der Waals surface area contributed by atoms with Crippen molar-refractivity contribution in [3.8, 4) is 22.8 Å². The number of benzene rings is 1. The Hall–Kier alpha value is -4.54. The first-order valence-electron chi connectivity index (χ1n) is 11.4. The van der Waals surface area contributed by atoms with E-state index in [1.54, 1.807) is 30.8 Å². The molecule has 36 heavy (non-hydrogen) atoms. The molecule has 0 radical (unpaired) electrons. The van der Waals surface area contributed by atoms with Crippen LogP contribution in [0.25, 0.3) is 17.1 Å². The van der Waals surface area contributed by atoms with Crippen LogP contribution in [0, 0.1) is 13.8 Å². The van der Waals surface area contributed by atoms with Crippen LogP contribution in [0.5, 0.6) is 5.75 Å². The van der Waals surface area contributed by atoms with Gasteiger partial charge in [0.2, 0.25) is 5.91 Å². The van der Waals surface area contributed by atoms with E-state index in [9.17, 15) is 14.4 Å². The third kappa shape index (κ3) is 5.24. The quantitative estimate of drug-likeness (QED) is 0.399. The fraction of sp³-hybridized carbons (Fsp3) is 0.280. The lowest BCUT2D eigenvalue weighted by Gasteiger charge is -2.15. The maximum atomic E-state index is 12.8. The number of nitrogens with zero attached hydrogens (tertiary/aromatic N) is 6. The minimum atomic E-state index is -0.871. The number of amides is 1. The summed E-state index contributed by atoms with van der Waals surface area (Å²) in [5, 5.41) is 15.9. The van der Waals surface area contributed by atoms with Crippen LogP contribution in [0.1, 0.15) is 24.4 Å². The monoisotopic (exact) mass is 489 g/mol. The molecule has 3 heterocycles. The highest BCUT2D eigenvalue weighted by Crippen LogP contribution is 2.19. The van der Waals surface area contributed by atoms with E-state index in [4.69, 9.17) is 4.74 Å². The first-order valence-corrected chi connectivity index (χ1v) is 11.4. The molecule has 4 rings (SSSR count). The zero-order valence-electron chi connectivity index (χ0n) is 20.5. The van der Waals surface area contributed by atoms with Crippen molar-refractivity contribution in [2.75, 3.05) is 13.7 Å². The number of carbonyl (C=O) groups excluding carboxylic acids is 1. The number of nitrogens with one attached hydrogen (secondary N) is 1. The minimum absolute atomic E-state index is 0.147. The number of aromatic nitrogens is 6. The number of carbonyl (C=O) groups is 1. The standard InChI is InChI=1S/C25H27N7O4/c1-16-15-17(2)31(27-16)22-10-12-24(34)32(29-22)18(3)25(35)26-13-14-30-23(33)11-9-21(28-30)19-5-7-20(36-4)8-6-19/h5-12,15,18H,13-14H2,1-4H3,(H,26,35). The van der Waals surface area contributed by atoms with Crippen molar-refractivity contribution in [2.45, 2.75) is 33.4 Å². The number of ether oxygens (including phenoxy) is 1. The first kappa shape index (κ1) is 24.6. The summed E-state index contributed by atoms with van der Waals surface area (Å²) in [6.07, 6.45) is 0. The van der Waals surface area contributed by atoms with Gasteiger partial charge in [0.15, 0.2) is 5.82 Å².